The standard InChI is InChI=1S/C7H9F5/c1-2-7(11,12)3-5(9)6(10)4-8/h2,5-6H,1,3-4H2. The second-order valence-electron chi connectivity index (χ2n) is 2.36. The van der Waals surface area contributed by atoms with Gasteiger partial charge in [0.1, 0.15) is 12.8 Å². The number of alkyl halides is 5. The van der Waals surface area contributed by atoms with E-state index >= 15 is 0 Å². The van der Waals surface area contributed by atoms with Crippen LogP contribution in [0.2, 0.25) is 0 Å². The molecule has 0 aromatic carbocycles. The fourth-order valence-corrected chi connectivity index (χ4v) is 0.568. The lowest BCUT2D eigenvalue weighted by Crippen LogP contribution is -2.27. The van der Waals surface area contributed by atoms with Crippen LogP contribution in [0.1, 0.15) is 6.42 Å². The van der Waals surface area contributed by atoms with Gasteiger partial charge in [-0.25, -0.2) is 22.0 Å². The average Bonchev–Trinajstić information content (AvgIpc) is 2.02. The Hall–Kier alpha value is -0.610. The third-order valence-corrected chi connectivity index (χ3v) is 1.31. The zero-order valence-electron chi connectivity index (χ0n) is 6.24. The van der Waals surface area contributed by atoms with E-state index in [1.165, 1.54) is 0 Å². The predicted molar refractivity (Wildman–Crippen MR) is 35.5 cm³/mol. The molecule has 0 aromatic rings. The second kappa shape index (κ2) is 4.42. The first-order chi connectivity index (χ1) is 5.43. The quantitative estimate of drug-likeness (QED) is 0.459. The van der Waals surface area contributed by atoms with Crippen molar-refractivity contribution in [3.05, 3.63) is 12.7 Å². The lowest BCUT2D eigenvalue weighted by Gasteiger charge is -2.15. The Morgan fingerprint density at radius 1 is 1.25 bits per heavy atom. The summed E-state index contributed by atoms with van der Waals surface area (Å²) in [5.74, 6) is -3.47. The molecule has 0 saturated heterocycles. The Labute approximate surface area is 67.1 Å². The number of halogens is 5. The Bertz CT molecular complexity index is 145. The summed E-state index contributed by atoms with van der Waals surface area (Å²) in [5, 5.41) is 0. The van der Waals surface area contributed by atoms with E-state index in [4.69, 9.17) is 0 Å². The Balaban J connectivity index is 3.98. The highest BCUT2D eigenvalue weighted by atomic mass is 19.3. The van der Waals surface area contributed by atoms with E-state index in [1.54, 1.807) is 0 Å². The third kappa shape index (κ3) is 3.69. The number of rotatable bonds is 5. The van der Waals surface area contributed by atoms with Crippen molar-refractivity contribution in [1.82, 2.24) is 0 Å². The molecule has 0 aliphatic carbocycles. The van der Waals surface area contributed by atoms with Gasteiger partial charge in [-0.3, -0.25) is 0 Å². The summed E-state index contributed by atoms with van der Waals surface area (Å²) in [5.41, 5.74) is 0. The molecule has 0 aliphatic heterocycles. The maximum Gasteiger partial charge on any atom is 0.269 e. The molecule has 0 aliphatic rings. The molecule has 0 amide bonds. The summed E-state index contributed by atoms with van der Waals surface area (Å²) in [6.07, 6.45) is -6.11. The molecule has 0 heterocycles. The average molecular weight is 188 g/mol. The summed E-state index contributed by atoms with van der Waals surface area (Å²) in [7, 11) is 0. The van der Waals surface area contributed by atoms with E-state index in [0.29, 0.717) is 0 Å². The summed E-state index contributed by atoms with van der Waals surface area (Å²) in [6, 6.07) is 0. The molecule has 2 atom stereocenters. The van der Waals surface area contributed by atoms with Gasteiger partial charge in [0.15, 0.2) is 6.17 Å². The van der Waals surface area contributed by atoms with Crippen molar-refractivity contribution in [3.63, 3.8) is 0 Å². The minimum Gasteiger partial charge on any atom is -0.248 e. The number of hydrogen-bond acceptors (Lipinski definition) is 0. The lowest BCUT2D eigenvalue weighted by atomic mass is 10.1. The fraction of sp³-hybridized carbons (Fsp3) is 0.714. The minimum atomic E-state index is -3.47. The molecule has 0 N–H and O–H groups in total. The molecule has 0 bridgehead atoms. The van der Waals surface area contributed by atoms with E-state index in [9.17, 15) is 22.0 Å². The molecule has 0 saturated carbocycles. The number of allylic oxidation sites excluding steroid dienone is 1. The van der Waals surface area contributed by atoms with Gasteiger partial charge in [0.2, 0.25) is 0 Å². The van der Waals surface area contributed by atoms with E-state index in [1.807, 2.05) is 0 Å². The van der Waals surface area contributed by atoms with Gasteiger partial charge in [-0.2, -0.15) is 0 Å². The van der Waals surface area contributed by atoms with Gasteiger partial charge in [0, 0.05) is 6.42 Å². The summed E-state index contributed by atoms with van der Waals surface area (Å²) in [6.45, 7) is 1.15. The van der Waals surface area contributed by atoms with Crippen molar-refractivity contribution in [2.24, 2.45) is 0 Å². The molecule has 2 unspecified atom stereocenters. The highest BCUT2D eigenvalue weighted by Crippen LogP contribution is 2.25. The molecular formula is C7H9F5. The van der Waals surface area contributed by atoms with Crippen molar-refractivity contribution in [2.75, 3.05) is 6.67 Å². The van der Waals surface area contributed by atoms with Gasteiger partial charge in [-0.1, -0.05) is 6.58 Å². The Kier molecular flexibility index (Phi) is 4.20. The van der Waals surface area contributed by atoms with Crippen molar-refractivity contribution in [3.8, 4) is 0 Å². The van der Waals surface area contributed by atoms with Crippen LogP contribution in [0.5, 0.6) is 0 Å². The smallest absolute Gasteiger partial charge is 0.248 e. The normalized spacial score (nSPS) is 17.1. The first kappa shape index (κ1) is 11.4. The zero-order valence-corrected chi connectivity index (χ0v) is 6.24. The number of hydrogen-bond donors (Lipinski definition) is 0. The largest absolute Gasteiger partial charge is 0.269 e. The molecule has 5 heteroatoms. The molecule has 0 rings (SSSR count). The van der Waals surface area contributed by atoms with Crippen LogP contribution in [-0.4, -0.2) is 24.9 Å². The molecule has 0 aromatic heterocycles. The van der Waals surface area contributed by atoms with Crippen LogP contribution in [0.15, 0.2) is 12.7 Å². The van der Waals surface area contributed by atoms with Gasteiger partial charge < -0.3 is 0 Å². The van der Waals surface area contributed by atoms with E-state index in [-0.39, 0.29) is 6.08 Å². The molecule has 0 spiro atoms. The van der Waals surface area contributed by atoms with E-state index in [0.717, 1.165) is 0 Å². The fourth-order valence-electron chi connectivity index (χ4n) is 0.568. The maximum atomic E-state index is 12.3. The van der Waals surface area contributed by atoms with Gasteiger partial charge in [0.25, 0.3) is 5.92 Å². The Morgan fingerprint density at radius 2 is 1.75 bits per heavy atom. The molecule has 0 fully saturated rings. The topological polar surface area (TPSA) is 0 Å². The van der Waals surface area contributed by atoms with E-state index < -0.39 is 31.4 Å². The SMILES string of the molecule is C=CC(F)(F)CC(F)C(F)CF. The van der Waals surface area contributed by atoms with Crippen LogP contribution >= 0.6 is 0 Å². The van der Waals surface area contributed by atoms with Crippen molar-refractivity contribution >= 4 is 0 Å². The van der Waals surface area contributed by atoms with Crippen LogP contribution < -0.4 is 0 Å². The lowest BCUT2D eigenvalue weighted by molar-refractivity contribution is -0.00190. The summed E-state index contributed by atoms with van der Waals surface area (Å²) in [4.78, 5) is 0. The van der Waals surface area contributed by atoms with Gasteiger partial charge in [0.05, 0.1) is 0 Å². The van der Waals surface area contributed by atoms with Crippen molar-refractivity contribution in [2.45, 2.75) is 24.7 Å². The van der Waals surface area contributed by atoms with Gasteiger partial charge >= 0.3 is 0 Å². The molecule has 0 radical (unpaired) electrons. The molecule has 0 nitrogen and oxygen atoms in total. The minimum absolute atomic E-state index is 0.213. The summed E-state index contributed by atoms with van der Waals surface area (Å²) >= 11 is 0. The van der Waals surface area contributed by atoms with Crippen LogP contribution in [-0.2, 0) is 0 Å². The monoisotopic (exact) mass is 188 g/mol. The molecule has 12 heavy (non-hydrogen) atoms. The van der Waals surface area contributed by atoms with Gasteiger partial charge in [-0.15, -0.1) is 0 Å². The van der Waals surface area contributed by atoms with Crippen LogP contribution in [0.25, 0.3) is 0 Å². The van der Waals surface area contributed by atoms with Crippen molar-refractivity contribution < 1.29 is 22.0 Å². The highest BCUT2D eigenvalue weighted by molar-refractivity contribution is 4.90. The van der Waals surface area contributed by atoms with Crippen LogP contribution in [0, 0.1) is 0 Å². The molecular weight excluding hydrogens is 179 g/mol. The van der Waals surface area contributed by atoms with E-state index in [2.05, 4.69) is 6.58 Å². The first-order valence-corrected chi connectivity index (χ1v) is 3.28. The first-order valence-electron chi connectivity index (χ1n) is 3.28. The van der Waals surface area contributed by atoms with Gasteiger partial charge in [-0.05, 0) is 6.08 Å². The summed E-state index contributed by atoms with van der Waals surface area (Å²) < 4.78 is 60.3. The maximum absolute atomic E-state index is 12.3. The Morgan fingerprint density at radius 3 is 2.08 bits per heavy atom. The molecule has 72 valence electrons. The second-order valence-corrected chi connectivity index (χ2v) is 2.36. The van der Waals surface area contributed by atoms with Crippen LogP contribution in [0.3, 0.4) is 0 Å². The third-order valence-electron chi connectivity index (χ3n) is 1.31. The predicted octanol–water partition coefficient (Wildman–Crippen LogP) is 2.84. The zero-order chi connectivity index (χ0) is 9.78. The van der Waals surface area contributed by atoms with Crippen LogP contribution in [0.4, 0.5) is 22.0 Å². The highest BCUT2D eigenvalue weighted by Gasteiger charge is 2.33. The van der Waals surface area contributed by atoms with Crippen molar-refractivity contribution in [1.29, 1.82) is 0 Å².